The second-order valence-electron chi connectivity index (χ2n) is 4.96. The molecule has 3 rings (SSSR count). The molecule has 0 fully saturated rings. The van der Waals surface area contributed by atoms with Crippen molar-refractivity contribution in [3.05, 3.63) is 58.6 Å². The third-order valence-corrected chi connectivity index (χ3v) is 3.73. The molecule has 0 unspecified atom stereocenters. The summed E-state index contributed by atoms with van der Waals surface area (Å²) in [6.07, 6.45) is -0.830. The highest BCUT2D eigenvalue weighted by molar-refractivity contribution is 6.36. The largest absolute Gasteiger partial charge is 0.513 e. The Hall–Kier alpha value is -2.86. The lowest BCUT2D eigenvalue weighted by atomic mass is 10.00. The fourth-order valence-electron chi connectivity index (χ4n) is 2.34. The van der Waals surface area contributed by atoms with Crippen molar-refractivity contribution >= 4 is 35.1 Å². The summed E-state index contributed by atoms with van der Waals surface area (Å²) in [5.41, 5.74) is 2.40. The van der Waals surface area contributed by atoms with Crippen LogP contribution >= 0.6 is 11.6 Å². The summed E-state index contributed by atoms with van der Waals surface area (Å²) in [6.45, 7) is -0.0254. The quantitative estimate of drug-likeness (QED) is 0.670. The van der Waals surface area contributed by atoms with E-state index in [1.54, 1.807) is 24.3 Å². The Morgan fingerprint density at radius 1 is 1.21 bits per heavy atom. The number of nitrogens with zero attached hydrogens (tertiary/aromatic N) is 1. The fraction of sp³-hybridized carbons (Fsp3) is 0.118. The number of amides is 1. The summed E-state index contributed by atoms with van der Waals surface area (Å²) < 4.78 is 9.54. The van der Waals surface area contributed by atoms with Gasteiger partial charge in [-0.2, -0.15) is 0 Å². The standard InChI is InChI=1S/C17H13ClN2O4/c1-23-17(22)24-10-6-7-14-12(8-10)16(19-9-15(21)20-14)11-4-2-3-5-13(11)18/h2-8H,9H2,1H3,(H,20,21). The Balaban J connectivity index is 2.12. The van der Waals surface area contributed by atoms with Crippen molar-refractivity contribution in [2.24, 2.45) is 4.99 Å². The first kappa shape index (κ1) is 16.0. The first-order valence-electron chi connectivity index (χ1n) is 7.08. The van der Waals surface area contributed by atoms with Crippen molar-refractivity contribution in [1.82, 2.24) is 0 Å². The number of benzene rings is 2. The van der Waals surface area contributed by atoms with E-state index in [0.29, 0.717) is 27.5 Å². The van der Waals surface area contributed by atoms with Gasteiger partial charge in [-0.15, -0.1) is 0 Å². The molecule has 122 valence electrons. The van der Waals surface area contributed by atoms with Crippen molar-refractivity contribution in [3.8, 4) is 5.75 Å². The molecule has 0 spiro atoms. The first-order valence-corrected chi connectivity index (χ1v) is 7.45. The average molecular weight is 345 g/mol. The molecule has 1 aliphatic rings. The first-order chi connectivity index (χ1) is 11.6. The summed E-state index contributed by atoms with van der Waals surface area (Å²) in [7, 11) is 1.22. The van der Waals surface area contributed by atoms with E-state index < -0.39 is 6.16 Å². The molecule has 0 saturated carbocycles. The summed E-state index contributed by atoms with van der Waals surface area (Å²) in [5, 5.41) is 3.28. The average Bonchev–Trinajstić information content (AvgIpc) is 2.73. The summed E-state index contributed by atoms with van der Waals surface area (Å²) in [4.78, 5) is 27.5. The minimum Gasteiger partial charge on any atom is -0.437 e. The van der Waals surface area contributed by atoms with Crippen molar-refractivity contribution in [2.75, 3.05) is 19.0 Å². The predicted molar refractivity (Wildman–Crippen MR) is 90.1 cm³/mol. The maximum absolute atomic E-state index is 11.9. The number of carbonyl (C=O) groups is 2. The zero-order valence-electron chi connectivity index (χ0n) is 12.7. The Morgan fingerprint density at radius 3 is 2.75 bits per heavy atom. The number of nitrogens with one attached hydrogen (secondary N) is 1. The van der Waals surface area contributed by atoms with Crippen LogP contribution in [0, 0.1) is 0 Å². The van der Waals surface area contributed by atoms with Crippen molar-refractivity contribution in [1.29, 1.82) is 0 Å². The second-order valence-corrected chi connectivity index (χ2v) is 5.36. The van der Waals surface area contributed by atoms with Crippen LogP contribution in [0.25, 0.3) is 0 Å². The van der Waals surface area contributed by atoms with Crippen molar-refractivity contribution in [2.45, 2.75) is 0 Å². The number of anilines is 1. The van der Waals surface area contributed by atoms with Crippen LogP contribution in [0.15, 0.2) is 47.5 Å². The lowest BCUT2D eigenvalue weighted by Crippen LogP contribution is -2.13. The Morgan fingerprint density at radius 2 is 2.00 bits per heavy atom. The number of hydrogen-bond donors (Lipinski definition) is 1. The minimum absolute atomic E-state index is 0.0254. The molecule has 1 N–H and O–H groups in total. The number of carbonyl (C=O) groups excluding carboxylic acids is 2. The second kappa shape index (κ2) is 6.72. The number of ether oxygens (including phenoxy) is 2. The Bertz CT molecular complexity index is 848. The van der Waals surface area contributed by atoms with E-state index in [2.05, 4.69) is 15.0 Å². The highest BCUT2D eigenvalue weighted by Gasteiger charge is 2.21. The summed E-state index contributed by atoms with van der Waals surface area (Å²) >= 11 is 6.27. The van der Waals surface area contributed by atoms with E-state index >= 15 is 0 Å². The molecule has 2 aromatic carbocycles. The van der Waals surface area contributed by atoms with E-state index in [9.17, 15) is 9.59 Å². The maximum atomic E-state index is 11.9. The normalized spacial score (nSPS) is 13.2. The van der Waals surface area contributed by atoms with Crippen LogP contribution in [0.2, 0.25) is 5.02 Å². The van der Waals surface area contributed by atoms with E-state index in [1.807, 2.05) is 18.2 Å². The molecule has 0 bridgehead atoms. The highest BCUT2D eigenvalue weighted by atomic mass is 35.5. The fourth-order valence-corrected chi connectivity index (χ4v) is 2.56. The number of rotatable bonds is 2. The van der Waals surface area contributed by atoms with Gasteiger partial charge in [-0.3, -0.25) is 9.79 Å². The van der Waals surface area contributed by atoms with Crippen LogP contribution in [0.5, 0.6) is 5.75 Å². The van der Waals surface area contributed by atoms with Gasteiger partial charge in [-0.05, 0) is 24.3 Å². The van der Waals surface area contributed by atoms with Gasteiger partial charge in [0.05, 0.1) is 18.5 Å². The molecule has 0 atom stereocenters. The van der Waals surface area contributed by atoms with Crippen molar-refractivity contribution < 1.29 is 19.1 Å². The minimum atomic E-state index is -0.830. The molecule has 2 aromatic rings. The molecular formula is C17H13ClN2O4. The lowest BCUT2D eigenvalue weighted by molar-refractivity contribution is -0.114. The Labute approximate surface area is 143 Å². The van der Waals surface area contributed by atoms with E-state index in [4.69, 9.17) is 16.3 Å². The number of fused-ring (bicyclic) bond motifs is 1. The van der Waals surface area contributed by atoms with Gasteiger partial charge in [0.1, 0.15) is 12.3 Å². The van der Waals surface area contributed by atoms with Crippen LogP contribution in [0.4, 0.5) is 10.5 Å². The molecule has 0 aliphatic carbocycles. The lowest BCUT2D eigenvalue weighted by Gasteiger charge is -2.13. The highest BCUT2D eigenvalue weighted by Crippen LogP contribution is 2.29. The molecule has 6 nitrogen and oxygen atoms in total. The molecular weight excluding hydrogens is 332 g/mol. The van der Waals surface area contributed by atoms with Gasteiger partial charge >= 0.3 is 6.16 Å². The van der Waals surface area contributed by atoms with Gasteiger partial charge in [0.15, 0.2) is 0 Å². The molecule has 1 aliphatic heterocycles. The van der Waals surface area contributed by atoms with Crippen LogP contribution in [0.3, 0.4) is 0 Å². The third-order valence-electron chi connectivity index (χ3n) is 3.40. The van der Waals surface area contributed by atoms with Crippen LogP contribution in [-0.2, 0) is 9.53 Å². The zero-order chi connectivity index (χ0) is 17.1. The molecule has 1 amide bonds. The van der Waals surface area contributed by atoms with Crippen LogP contribution < -0.4 is 10.1 Å². The molecule has 24 heavy (non-hydrogen) atoms. The third kappa shape index (κ3) is 3.23. The smallest absolute Gasteiger partial charge is 0.437 e. The summed E-state index contributed by atoms with van der Waals surface area (Å²) in [5.74, 6) is 0.0384. The van der Waals surface area contributed by atoms with Gasteiger partial charge in [0, 0.05) is 16.1 Å². The SMILES string of the molecule is COC(=O)Oc1ccc2c(c1)C(c1ccccc1Cl)=NCC(=O)N2. The van der Waals surface area contributed by atoms with Gasteiger partial charge in [0.2, 0.25) is 5.91 Å². The predicted octanol–water partition coefficient (Wildman–Crippen LogP) is 3.27. The number of aliphatic imine (C=N–C) groups is 1. The van der Waals surface area contributed by atoms with Gasteiger partial charge in [-0.1, -0.05) is 29.8 Å². The van der Waals surface area contributed by atoms with Gasteiger partial charge < -0.3 is 14.8 Å². The molecule has 1 heterocycles. The molecule has 7 heteroatoms. The number of halogens is 1. The molecule has 0 saturated heterocycles. The molecule has 0 aromatic heterocycles. The van der Waals surface area contributed by atoms with E-state index in [1.165, 1.54) is 7.11 Å². The zero-order valence-corrected chi connectivity index (χ0v) is 13.5. The van der Waals surface area contributed by atoms with Gasteiger partial charge in [0.25, 0.3) is 0 Å². The Kier molecular flexibility index (Phi) is 4.48. The van der Waals surface area contributed by atoms with E-state index in [0.717, 1.165) is 0 Å². The molecule has 0 radical (unpaired) electrons. The van der Waals surface area contributed by atoms with Crippen molar-refractivity contribution in [3.63, 3.8) is 0 Å². The van der Waals surface area contributed by atoms with Crippen LogP contribution in [0.1, 0.15) is 11.1 Å². The topological polar surface area (TPSA) is 77.0 Å². The summed E-state index contributed by atoms with van der Waals surface area (Å²) in [6, 6.07) is 12.0. The number of methoxy groups -OCH3 is 1. The maximum Gasteiger partial charge on any atom is 0.513 e. The number of hydrogen-bond acceptors (Lipinski definition) is 5. The van der Waals surface area contributed by atoms with Crippen LogP contribution in [-0.4, -0.2) is 31.4 Å². The van der Waals surface area contributed by atoms with Gasteiger partial charge in [-0.25, -0.2) is 4.79 Å². The monoisotopic (exact) mass is 344 g/mol. The number of benzodiazepines with no additional fused rings is 1. The van der Waals surface area contributed by atoms with E-state index in [-0.39, 0.29) is 18.2 Å².